The van der Waals surface area contributed by atoms with Crippen molar-refractivity contribution in [2.45, 2.75) is 24.8 Å². The molecular weight excluding hydrogens is 182 g/mol. The topological polar surface area (TPSA) is 26.0 Å². The van der Waals surface area contributed by atoms with Crippen molar-refractivity contribution in [3.8, 4) is 0 Å². The fraction of sp³-hybridized carbons (Fsp3) is 0.286. The van der Waals surface area contributed by atoms with Gasteiger partial charge in [0.25, 0.3) is 0 Å². The number of allylic oxidation sites excluding steroid dienone is 2. The van der Waals surface area contributed by atoms with E-state index in [0.29, 0.717) is 0 Å². The van der Waals surface area contributed by atoms with Gasteiger partial charge in [0.05, 0.1) is 0 Å². The first-order chi connectivity index (χ1) is 7.06. The van der Waals surface area contributed by atoms with Crippen LogP contribution in [0.5, 0.6) is 0 Å². The summed E-state index contributed by atoms with van der Waals surface area (Å²) in [5.41, 5.74) is 7.16. The summed E-state index contributed by atoms with van der Waals surface area (Å²) in [4.78, 5) is 0. The zero-order valence-corrected chi connectivity index (χ0v) is 9.27. The first-order valence-corrected chi connectivity index (χ1v) is 5.28. The molecule has 0 saturated carbocycles. The fourth-order valence-corrected chi connectivity index (χ4v) is 2.05. The van der Waals surface area contributed by atoms with E-state index in [-0.39, 0.29) is 11.0 Å². The van der Waals surface area contributed by atoms with Gasteiger partial charge in [0, 0.05) is 11.0 Å². The largest absolute Gasteiger partial charge is 0.321 e. The average molecular weight is 199 g/mol. The van der Waals surface area contributed by atoms with E-state index in [1.165, 1.54) is 5.56 Å². The predicted octanol–water partition coefficient (Wildman–Crippen LogP) is 2.79. The van der Waals surface area contributed by atoms with Crippen molar-refractivity contribution >= 4 is 0 Å². The van der Waals surface area contributed by atoms with Gasteiger partial charge in [0.1, 0.15) is 0 Å². The van der Waals surface area contributed by atoms with Crippen LogP contribution in [-0.4, -0.2) is 5.54 Å². The molecular formula is C14H17N. The summed E-state index contributed by atoms with van der Waals surface area (Å²) in [7, 11) is 0. The monoisotopic (exact) mass is 199 g/mol. The van der Waals surface area contributed by atoms with Gasteiger partial charge in [0.2, 0.25) is 0 Å². The van der Waals surface area contributed by atoms with Gasteiger partial charge in [-0.25, -0.2) is 0 Å². The van der Waals surface area contributed by atoms with Crippen LogP contribution in [0.25, 0.3) is 0 Å². The van der Waals surface area contributed by atoms with Crippen molar-refractivity contribution < 1.29 is 0 Å². The second-order valence-electron chi connectivity index (χ2n) is 4.57. The van der Waals surface area contributed by atoms with E-state index in [0.717, 1.165) is 0 Å². The highest BCUT2D eigenvalue weighted by Gasteiger charge is 2.40. The molecule has 1 heteroatoms. The maximum absolute atomic E-state index is 6.35. The van der Waals surface area contributed by atoms with Gasteiger partial charge in [-0.1, -0.05) is 54.6 Å². The summed E-state index contributed by atoms with van der Waals surface area (Å²) in [6.07, 6.45) is 8.34. The Hall–Kier alpha value is -1.34. The van der Waals surface area contributed by atoms with Crippen LogP contribution in [0.3, 0.4) is 0 Å². The van der Waals surface area contributed by atoms with Gasteiger partial charge >= 0.3 is 0 Å². The van der Waals surface area contributed by atoms with Crippen LogP contribution in [0.4, 0.5) is 0 Å². The summed E-state index contributed by atoms with van der Waals surface area (Å²) in [6.45, 7) is 4.25. The molecule has 78 valence electrons. The third kappa shape index (κ3) is 1.53. The van der Waals surface area contributed by atoms with Crippen LogP contribution in [-0.2, 0) is 5.41 Å². The normalized spacial score (nSPS) is 34.3. The van der Waals surface area contributed by atoms with Gasteiger partial charge in [-0.3, -0.25) is 0 Å². The summed E-state index contributed by atoms with van der Waals surface area (Å²) in [5.74, 6) is 0. The van der Waals surface area contributed by atoms with Gasteiger partial charge in [-0.05, 0) is 19.4 Å². The van der Waals surface area contributed by atoms with Crippen LogP contribution >= 0.6 is 0 Å². The molecule has 1 aromatic rings. The fourth-order valence-electron chi connectivity index (χ4n) is 2.05. The zero-order chi connectivity index (χ0) is 10.9. The van der Waals surface area contributed by atoms with E-state index in [4.69, 9.17) is 5.73 Å². The summed E-state index contributed by atoms with van der Waals surface area (Å²) in [5, 5.41) is 0. The van der Waals surface area contributed by atoms with Crippen molar-refractivity contribution in [1.29, 1.82) is 0 Å². The maximum atomic E-state index is 6.35. The lowest BCUT2D eigenvalue weighted by atomic mass is 9.66. The van der Waals surface area contributed by atoms with Crippen molar-refractivity contribution in [3.05, 3.63) is 60.2 Å². The van der Waals surface area contributed by atoms with Gasteiger partial charge in [0.15, 0.2) is 0 Å². The number of nitrogens with two attached hydrogens (primary N) is 1. The van der Waals surface area contributed by atoms with Crippen molar-refractivity contribution in [1.82, 2.24) is 0 Å². The van der Waals surface area contributed by atoms with E-state index in [2.05, 4.69) is 56.3 Å². The molecule has 2 unspecified atom stereocenters. The quantitative estimate of drug-likeness (QED) is 0.739. The minimum absolute atomic E-state index is 0.122. The molecule has 2 atom stereocenters. The highest BCUT2D eigenvalue weighted by atomic mass is 14.8. The Kier molecular flexibility index (Phi) is 2.28. The van der Waals surface area contributed by atoms with Crippen molar-refractivity contribution in [3.63, 3.8) is 0 Å². The molecule has 1 aliphatic carbocycles. The SMILES string of the molecule is CC1(N)C=CC=CC1(C)c1ccccc1. The standard InChI is InChI=1S/C14H17N/c1-13(12-8-4-3-5-9-12)10-6-7-11-14(13,2)15/h3-11H,15H2,1-2H3. The number of hydrogen-bond donors (Lipinski definition) is 1. The average Bonchev–Trinajstić information content (AvgIpc) is 2.24. The third-order valence-electron chi connectivity index (χ3n) is 3.48. The van der Waals surface area contributed by atoms with Gasteiger partial charge in [-0.15, -0.1) is 0 Å². The van der Waals surface area contributed by atoms with E-state index in [9.17, 15) is 0 Å². The Morgan fingerprint density at radius 3 is 2.13 bits per heavy atom. The molecule has 2 N–H and O–H groups in total. The second-order valence-corrected chi connectivity index (χ2v) is 4.57. The molecule has 0 radical (unpaired) electrons. The lowest BCUT2D eigenvalue weighted by molar-refractivity contribution is 0.383. The lowest BCUT2D eigenvalue weighted by Gasteiger charge is -2.42. The molecule has 1 aromatic carbocycles. The highest BCUT2D eigenvalue weighted by molar-refractivity contribution is 5.42. The van der Waals surface area contributed by atoms with Crippen molar-refractivity contribution in [2.75, 3.05) is 0 Å². The van der Waals surface area contributed by atoms with E-state index in [1.807, 2.05) is 12.1 Å². The number of benzene rings is 1. The van der Waals surface area contributed by atoms with Gasteiger partial charge < -0.3 is 5.73 Å². The predicted molar refractivity (Wildman–Crippen MR) is 64.7 cm³/mol. The molecule has 0 heterocycles. The smallest absolute Gasteiger partial charge is 0.0444 e. The highest BCUT2D eigenvalue weighted by Crippen LogP contribution is 2.37. The number of rotatable bonds is 1. The second kappa shape index (κ2) is 3.35. The zero-order valence-electron chi connectivity index (χ0n) is 9.27. The number of hydrogen-bond acceptors (Lipinski definition) is 1. The molecule has 2 rings (SSSR count). The van der Waals surface area contributed by atoms with E-state index in [1.54, 1.807) is 0 Å². The van der Waals surface area contributed by atoms with Crippen LogP contribution < -0.4 is 5.73 Å². The Morgan fingerprint density at radius 2 is 1.53 bits per heavy atom. The van der Waals surface area contributed by atoms with Gasteiger partial charge in [-0.2, -0.15) is 0 Å². The van der Waals surface area contributed by atoms with Crippen LogP contribution in [0.1, 0.15) is 19.4 Å². The lowest BCUT2D eigenvalue weighted by Crippen LogP contribution is -2.52. The molecule has 0 amide bonds. The molecule has 0 aliphatic heterocycles. The molecule has 0 saturated heterocycles. The van der Waals surface area contributed by atoms with Crippen molar-refractivity contribution in [2.24, 2.45) is 5.73 Å². The molecule has 0 fully saturated rings. The van der Waals surface area contributed by atoms with Crippen LogP contribution in [0, 0.1) is 0 Å². The van der Waals surface area contributed by atoms with Crippen LogP contribution in [0.15, 0.2) is 54.6 Å². The Labute approximate surface area is 91.3 Å². The first-order valence-electron chi connectivity index (χ1n) is 5.28. The molecule has 1 aliphatic rings. The van der Waals surface area contributed by atoms with Crippen LogP contribution in [0.2, 0.25) is 0 Å². The minimum atomic E-state index is -0.330. The van der Waals surface area contributed by atoms with E-state index < -0.39 is 0 Å². The summed E-state index contributed by atoms with van der Waals surface area (Å²) < 4.78 is 0. The molecule has 0 aromatic heterocycles. The van der Waals surface area contributed by atoms with E-state index >= 15 is 0 Å². The summed E-state index contributed by atoms with van der Waals surface area (Å²) >= 11 is 0. The minimum Gasteiger partial charge on any atom is -0.321 e. The molecule has 1 nitrogen and oxygen atoms in total. The molecule has 0 bridgehead atoms. The molecule has 15 heavy (non-hydrogen) atoms. The first kappa shape index (κ1) is 10.2. The third-order valence-corrected chi connectivity index (χ3v) is 3.48. The Balaban J connectivity index is 2.51. The summed E-state index contributed by atoms with van der Waals surface area (Å²) in [6, 6.07) is 10.4. The maximum Gasteiger partial charge on any atom is 0.0444 e. The Bertz CT molecular complexity index is 401. The Morgan fingerprint density at radius 1 is 0.933 bits per heavy atom. The molecule has 0 spiro atoms.